The number of carboxylic acids is 1. The zero-order chi connectivity index (χ0) is 31.3. The highest BCUT2D eigenvalue weighted by atomic mass is 35.5. The molecule has 2 amide bonds. The molecule has 3 N–H and O–H groups in total. The van der Waals surface area contributed by atoms with Gasteiger partial charge in [0.1, 0.15) is 17.3 Å². The van der Waals surface area contributed by atoms with Gasteiger partial charge in [0.2, 0.25) is 11.8 Å². The van der Waals surface area contributed by atoms with Crippen molar-refractivity contribution in [1.29, 1.82) is 0 Å². The summed E-state index contributed by atoms with van der Waals surface area (Å²) in [5.41, 5.74) is 0.344. The van der Waals surface area contributed by atoms with Crippen LogP contribution in [0.3, 0.4) is 0 Å². The molecule has 1 aliphatic carbocycles. The predicted octanol–water partition coefficient (Wildman–Crippen LogP) is 5.01. The summed E-state index contributed by atoms with van der Waals surface area (Å²) in [6.07, 6.45) is 5.92. The van der Waals surface area contributed by atoms with Gasteiger partial charge in [-0.3, -0.25) is 14.5 Å². The molecule has 45 heavy (non-hydrogen) atoms. The van der Waals surface area contributed by atoms with E-state index in [1.807, 2.05) is 31.2 Å². The van der Waals surface area contributed by atoms with Crippen molar-refractivity contribution >= 4 is 30.2 Å². The molecule has 246 valence electrons. The number of aliphatic hydroxyl groups excluding tert-OH is 1. The number of ether oxygens (including phenoxy) is 2. The largest absolute Gasteiger partial charge is 0.490 e. The summed E-state index contributed by atoms with van der Waals surface area (Å²) in [5.74, 6) is 0.194. The maximum absolute atomic E-state index is 13.8. The summed E-state index contributed by atoms with van der Waals surface area (Å²) < 4.78 is 11.6. The Morgan fingerprint density at radius 2 is 1.73 bits per heavy atom. The first-order chi connectivity index (χ1) is 21.3. The van der Waals surface area contributed by atoms with Gasteiger partial charge in [-0.2, -0.15) is 0 Å². The SMILES string of the molecule is CCCCN1C(=O)[C@@H](C(O)C2CCCC2)NC(=O)C12CCN(Cc1ccc(Oc3ccc(C(=O)O)cc3OCC)cc1)CC2.Cl. The second-order valence-corrected chi connectivity index (χ2v) is 12.3. The topological polar surface area (TPSA) is 129 Å². The summed E-state index contributed by atoms with van der Waals surface area (Å²) in [6.45, 7) is 6.86. The Bertz CT molecular complexity index is 1320. The van der Waals surface area contributed by atoms with E-state index in [0.29, 0.717) is 62.9 Å². The fourth-order valence-corrected chi connectivity index (χ4v) is 6.90. The summed E-state index contributed by atoms with van der Waals surface area (Å²) in [5, 5.41) is 23.3. The molecule has 5 rings (SSSR count). The third-order valence-electron chi connectivity index (χ3n) is 9.45. The number of halogens is 1. The average molecular weight is 644 g/mol. The first kappa shape index (κ1) is 34.5. The first-order valence-electron chi connectivity index (χ1n) is 16.1. The second-order valence-electron chi connectivity index (χ2n) is 12.3. The van der Waals surface area contributed by atoms with E-state index >= 15 is 0 Å². The molecule has 0 radical (unpaired) electrons. The van der Waals surface area contributed by atoms with E-state index in [-0.39, 0.29) is 35.7 Å². The van der Waals surface area contributed by atoms with Crippen molar-refractivity contribution in [3.63, 3.8) is 0 Å². The lowest BCUT2D eigenvalue weighted by molar-refractivity contribution is -0.165. The Labute approximate surface area is 271 Å². The van der Waals surface area contributed by atoms with Crippen LogP contribution in [-0.2, 0) is 16.1 Å². The van der Waals surface area contributed by atoms with Crippen LogP contribution in [0.5, 0.6) is 17.2 Å². The van der Waals surface area contributed by atoms with Crippen LogP contribution in [0.15, 0.2) is 42.5 Å². The maximum Gasteiger partial charge on any atom is 0.335 e. The van der Waals surface area contributed by atoms with Gasteiger partial charge in [-0.1, -0.05) is 38.3 Å². The summed E-state index contributed by atoms with van der Waals surface area (Å²) in [4.78, 5) is 42.9. The van der Waals surface area contributed by atoms with Crippen molar-refractivity contribution in [2.45, 2.75) is 89.4 Å². The Kier molecular flexibility index (Phi) is 11.7. The highest BCUT2D eigenvalue weighted by Crippen LogP contribution is 2.37. The van der Waals surface area contributed by atoms with Crippen LogP contribution in [-0.4, -0.2) is 81.7 Å². The molecule has 1 saturated carbocycles. The molecule has 1 unspecified atom stereocenters. The number of likely N-dealkylation sites (tertiary alicyclic amines) is 1. The van der Waals surface area contributed by atoms with Crippen LogP contribution in [0.25, 0.3) is 0 Å². The van der Waals surface area contributed by atoms with Crippen LogP contribution in [0.1, 0.15) is 81.1 Å². The highest BCUT2D eigenvalue weighted by Gasteiger charge is 2.55. The molecule has 0 aromatic heterocycles. The fraction of sp³-hybridized carbons (Fsp3) is 0.559. The number of rotatable bonds is 12. The number of unbranched alkanes of at least 4 members (excludes halogenated alkanes) is 1. The average Bonchev–Trinajstić information content (AvgIpc) is 3.57. The molecule has 3 aliphatic rings. The van der Waals surface area contributed by atoms with Crippen LogP contribution in [0.2, 0.25) is 0 Å². The molecular weight excluding hydrogens is 598 g/mol. The number of aliphatic hydroxyl groups is 1. The maximum atomic E-state index is 13.8. The first-order valence-corrected chi connectivity index (χ1v) is 16.1. The lowest BCUT2D eigenvalue weighted by Gasteiger charge is -2.52. The van der Waals surface area contributed by atoms with Gasteiger partial charge in [-0.25, -0.2) is 4.79 Å². The van der Waals surface area contributed by atoms with E-state index in [0.717, 1.165) is 44.1 Å². The van der Waals surface area contributed by atoms with Gasteiger partial charge < -0.3 is 29.9 Å². The quantitative estimate of drug-likeness (QED) is 0.295. The van der Waals surface area contributed by atoms with E-state index in [2.05, 4.69) is 17.1 Å². The van der Waals surface area contributed by atoms with E-state index in [4.69, 9.17) is 9.47 Å². The van der Waals surface area contributed by atoms with Crippen LogP contribution in [0, 0.1) is 5.92 Å². The molecule has 11 heteroatoms. The lowest BCUT2D eigenvalue weighted by Crippen LogP contribution is -2.75. The number of nitrogens with zero attached hydrogens (tertiary/aromatic N) is 2. The van der Waals surface area contributed by atoms with Crippen LogP contribution >= 0.6 is 12.4 Å². The third kappa shape index (κ3) is 7.56. The number of hydrogen-bond acceptors (Lipinski definition) is 7. The lowest BCUT2D eigenvalue weighted by atomic mass is 9.80. The monoisotopic (exact) mass is 643 g/mol. The predicted molar refractivity (Wildman–Crippen MR) is 172 cm³/mol. The van der Waals surface area contributed by atoms with Gasteiger partial charge in [0.25, 0.3) is 0 Å². The molecule has 3 fully saturated rings. The van der Waals surface area contributed by atoms with Crippen LogP contribution in [0.4, 0.5) is 0 Å². The summed E-state index contributed by atoms with van der Waals surface area (Å²) in [6, 6.07) is 11.4. The molecular formula is C34H46ClN3O7. The molecule has 2 heterocycles. The number of piperazine rings is 1. The summed E-state index contributed by atoms with van der Waals surface area (Å²) in [7, 11) is 0. The van der Waals surface area contributed by atoms with Crippen molar-refractivity contribution in [1.82, 2.24) is 15.1 Å². The third-order valence-corrected chi connectivity index (χ3v) is 9.45. The molecule has 2 atom stereocenters. The molecule has 1 spiro atoms. The van der Waals surface area contributed by atoms with Gasteiger partial charge in [0.15, 0.2) is 11.5 Å². The Morgan fingerprint density at radius 3 is 2.36 bits per heavy atom. The van der Waals surface area contributed by atoms with E-state index in [1.54, 1.807) is 11.0 Å². The molecule has 2 aliphatic heterocycles. The minimum Gasteiger partial charge on any atom is -0.490 e. The zero-order valence-electron chi connectivity index (χ0n) is 26.2. The Balaban J connectivity index is 0.00000461. The van der Waals surface area contributed by atoms with E-state index < -0.39 is 23.7 Å². The number of aromatic carboxylic acids is 1. The highest BCUT2D eigenvalue weighted by molar-refractivity contribution is 6.00. The minimum atomic E-state index is -1.03. The normalized spacial score (nSPS) is 20.9. The van der Waals surface area contributed by atoms with Gasteiger partial charge in [-0.05, 0) is 80.8 Å². The molecule has 0 bridgehead atoms. The molecule has 2 saturated heterocycles. The van der Waals surface area contributed by atoms with Crippen molar-refractivity contribution < 1.29 is 34.1 Å². The number of piperidine rings is 1. The van der Waals surface area contributed by atoms with E-state index in [9.17, 15) is 24.6 Å². The Hall–Kier alpha value is -3.34. The van der Waals surface area contributed by atoms with Crippen molar-refractivity contribution in [2.75, 3.05) is 26.2 Å². The number of carbonyl (C=O) groups is 3. The van der Waals surface area contributed by atoms with Crippen LogP contribution < -0.4 is 14.8 Å². The van der Waals surface area contributed by atoms with E-state index in [1.165, 1.54) is 12.1 Å². The van der Waals surface area contributed by atoms with Crippen molar-refractivity contribution in [2.24, 2.45) is 5.92 Å². The fourth-order valence-electron chi connectivity index (χ4n) is 6.90. The number of nitrogens with one attached hydrogen (secondary N) is 1. The molecule has 2 aromatic carbocycles. The standard InChI is InChI=1S/C34H45N3O7.ClH/c1-3-5-18-37-31(39)29(30(38)24-8-6-7-9-24)35-33(42)34(37)16-19-36(20-17-34)22-23-10-13-26(14-11-23)44-27-15-12-25(32(40)41)21-28(27)43-4-2;/h10-15,21,24,29-30,38H,3-9,16-20,22H2,1-2H3,(H,35,42)(H,40,41);1H/t29-,30?;/m1./s1. The minimum absolute atomic E-state index is 0. The number of carbonyl (C=O) groups excluding carboxylic acids is 2. The summed E-state index contributed by atoms with van der Waals surface area (Å²) >= 11 is 0. The number of amides is 2. The number of carboxylic acid groups (broad SMARTS) is 1. The van der Waals surface area contributed by atoms with Gasteiger partial charge in [0.05, 0.1) is 18.3 Å². The number of benzene rings is 2. The smallest absolute Gasteiger partial charge is 0.335 e. The molecule has 10 nitrogen and oxygen atoms in total. The van der Waals surface area contributed by atoms with Crippen molar-refractivity contribution in [3.05, 3.63) is 53.6 Å². The van der Waals surface area contributed by atoms with Gasteiger partial charge in [0, 0.05) is 26.2 Å². The van der Waals surface area contributed by atoms with Gasteiger partial charge in [-0.15, -0.1) is 12.4 Å². The second kappa shape index (κ2) is 15.3. The van der Waals surface area contributed by atoms with Crippen molar-refractivity contribution in [3.8, 4) is 17.2 Å². The molecule has 2 aromatic rings. The zero-order valence-corrected chi connectivity index (χ0v) is 27.0. The number of hydrogen-bond donors (Lipinski definition) is 3. The van der Waals surface area contributed by atoms with Gasteiger partial charge >= 0.3 is 5.97 Å². The Morgan fingerprint density at radius 1 is 1.04 bits per heavy atom.